The van der Waals surface area contributed by atoms with Crippen molar-refractivity contribution in [3.05, 3.63) is 178 Å². The summed E-state index contributed by atoms with van der Waals surface area (Å²) in [6, 6.07) is 26.1. The van der Waals surface area contributed by atoms with Crippen LogP contribution in [0.5, 0.6) is 0 Å². The zero-order chi connectivity index (χ0) is 35.9. The molecule has 0 aliphatic carbocycles. The fourth-order valence-electron chi connectivity index (χ4n) is 3.70. The van der Waals surface area contributed by atoms with Crippen LogP contribution in [0.4, 0.5) is 0 Å². The van der Waals surface area contributed by atoms with Gasteiger partial charge >= 0.3 is 0 Å². The fourth-order valence-corrected chi connectivity index (χ4v) is 3.70. The Morgan fingerprint density at radius 2 is 0.917 bits per heavy atom. The zero-order valence-corrected chi connectivity index (χ0v) is 31.1. The Hall–Kier alpha value is -5.10. The molecule has 0 unspecified atom stereocenters. The Labute approximate surface area is 289 Å². The first kappa shape index (κ1) is 40.9. The van der Waals surface area contributed by atoms with Gasteiger partial charge in [0, 0.05) is 70.8 Å². The Morgan fingerprint density at radius 3 is 1.27 bits per heavy atom. The molecule has 0 radical (unpaired) electrons. The molecule has 6 rings (SSSR count). The van der Waals surface area contributed by atoms with Gasteiger partial charge in [-0.25, -0.2) is 0 Å². The van der Waals surface area contributed by atoms with Crippen molar-refractivity contribution >= 4 is 0 Å². The third-order valence-corrected chi connectivity index (χ3v) is 6.70. The molecular formula is C42H54N6. The van der Waals surface area contributed by atoms with Crippen LogP contribution in [0.25, 0.3) is 0 Å². The summed E-state index contributed by atoms with van der Waals surface area (Å²) in [5.41, 5.74) is 13.9. The average Bonchev–Trinajstić information content (AvgIpc) is 3.04. The van der Waals surface area contributed by atoms with Gasteiger partial charge in [0.05, 0.1) is 0 Å². The number of pyridine rings is 6. The van der Waals surface area contributed by atoms with Crippen molar-refractivity contribution in [3.8, 4) is 0 Å². The molecule has 0 aliphatic rings. The Bertz CT molecular complexity index is 1610. The van der Waals surface area contributed by atoms with Crippen LogP contribution in [0, 0.1) is 83.1 Å². The largest absolute Gasteiger partial charge is 0.262 e. The lowest BCUT2D eigenvalue weighted by Crippen LogP contribution is -1.85. The molecular weight excluding hydrogens is 589 g/mol. The van der Waals surface area contributed by atoms with E-state index in [1.807, 2.05) is 135 Å². The molecule has 0 aliphatic heterocycles. The Balaban J connectivity index is 0.000000288. The second kappa shape index (κ2) is 23.3. The van der Waals surface area contributed by atoms with Gasteiger partial charge < -0.3 is 0 Å². The summed E-state index contributed by atoms with van der Waals surface area (Å²) in [5.74, 6) is 0. The molecule has 0 fully saturated rings. The SMILES string of the molecule is Cc1ccc(C)nc1.Cc1cccc(C)n1.Cc1ccccn1.Cc1cccnc1C.Cc1ccnc(C)c1.Cc1cnc(C)c(C)c1. The quantitative estimate of drug-likeness (QED) is 0.164. The predicted molar refractivity (Wildman–Crippen MR) is 202 cm³/mol. The van der Waals surface area contributed by atoms with E-state index >= 15 is 0 Å². The predicted octanol–water partition coefficient (Wildman–Crippen LogP) is 10.2. The molecule has 0 N–H and O–H groups in total. The molecule has 6 heterocycles. The van der Waals surface area contributed by atoms with E-state index in [2.05, 4.69) is 81.9 Å². The zero-order valence-electron chi connectivity index (χ0n) is 31.1. The molecule has 48 heavy (non-hydrogen) atoms. The van der Waals surface area contributed by atoms with Gasteiger partial charge in [-0.3, -0.25) is 29.9 Å². The summed E-state index contributed by atoms with van der Waals surface area (Å²) in [4.78, 5) is 24.5. The molecule has 0 atom stereocenters. The van der Waals surface area contributed by atoms with E-state index in [1.54, 1.807) is 6.20 Å². The monoisotopic (exact) mass is 642 g/mol. The highest BCUT2D eigenvalue weighted by Crippen LogP contribution is 2.04. The van der Waals surface area contributed by atoms with Gasteiger partial charge in [-0.05, 0) is 159 Å². The minimum Gasteiger partial charge on any atom is -0.262 e. The van der Waals surface area contributed by atoms with Crippen LogP contribution in [0.1, 0.15) is 67.7 Å². The highest BCUT2D eigenvalue weighted by atomic mass is 14.7. The van der Waals surface area contributed by atoms with Crippen molar-refractivity contribution in [2.24, 2.45) is 0 Å². The summed E-state index contributed by atoms with van der Waals surface area (Å²) >= 11 is 0. The van der Waals surface area contributed by atoms with Gasteiger partial charge in [0.2, 0.25) is 0 Å². The highest BCUT2D eigenvalue weighted by Gasteiger charge is 1.91. The fraction of sp³-hybridized carbons (Fsp3) is 0.286. The Kier molecular flexibility index (Phi) is 19.8. The van der Waals surface area contributed by atoms with Gasteiger partial charge in [0.1, 0.15) is 0 Å². The van der Waals surface area contributed by atoms with E-state index < -0.39 is 0 Å². The summed E-state index contributed by atoms with van der Waals surface area (Å²) in [6.07, 6.45) is 9.18. The number of aryl methyl sites for hydroxylation is 12. The first-order chi connectivity index (χ1) is 22.8. The lowest BCUT2D eigenvalue weighted by atomic mass is 10.2. The lowest BCUT2D eigenvalue weighted by Gasteiger charge is -1.97. The molecule has 252 valence electrons. The van der Waals surface area contributed by atoms with E-state index in [-0.39, 0.29) is 0 Å². The highest BCUT2D eigenvalue weighted by molar-refractivity contribution is 5.21. The van der Waals surface area contributed by atoms with Crippen molar-refractivity contribution < 1.29 is 0 Å². The van der Waals surface area contributed by atoms with Gasteiger partial charge in [-0.15, -0.1) is 0 Å². The first-order valence-corrected chi connectivity index (χ1v) is 16.1. The summed E-state index contributed by atoms with van der Waals surface area (Å²) in [7, 11) is 0. The van der Waals surface area contributed by atoms with Gasteiger partial charge in [-0.1, -0.05) is 30.3 Å². The van der Waals surface area contributed by atoms with Crippen molar-refractivity contribution in [2.75, 3.05) is 0 Å². The summed E-state index contributed by atoms with van der Waals surface area (Å²) < 4.78 is 0. The number of hydrogen-bond acceptors (Lipinski definition) is 6. The van der Waals surface area contributed by atoms with Crippen LogP contribution in [0.15, 0.2) is 110 Å². The number of aromatic nitrogens is 6. The van der Waals surface area contributed by atoms with Gasteiger partial charge in [0.25, 0.3) is 0 Å². The van der Waals surface area contributed by atoms with Crippen molar-refractivity contribution in [1.82, 2.24) is 29.9 Å². The van der Waals surface area contributed by atoms with Crippen molar-refractivity contribution in [1.29, 1.82) is 0 Å². The minimum atomic E-state index is 1.07. The van der Waals surface area contributed by atoms with E-state index in [4.69, 9.17) is 0 Å². The molecule has 0 saturated heterocycles. The third kappa shape index (κ3) is 20.1. The average molecular weight is 643 g/mol. The molecule has 6 heteroatoms. The van der Waals surface area contributed by atoms with Crippen LogP contribution >= 0.6 is 0 Å². The summed E-state index contributed by atoms with van der Waals surface area (Å²) in [6.45, 7) is 24.3. The molecule has 0 bridgehead atoms. The Morgan fingerprint density at radius 1 is 0.333 bits per heavy atom. The molecule has 0 saturated carbocycles. The molecule has 6 aromatic heterocycles. The summed E-state index contributed by atoms with van der Waals surface area (Å²) in [5, 5.41) is 0. The number of nitrogens with zero attached hydrogens (tertiary/aromatic N) is 6. The van der Waals surface area contributed by atoms with Crippen molar-refractivity contribution in [3.63, 3.8) is 0 Å². The molecule has 6 nitrogen and oxygen atoms in total. The smallest absolute Gasteiger partial charge is 0.0401 e. The van der Waals surface area contributed by atoms with Crippen molar-refractivity contribution in [2.45, 2.75) is 83.1 Å². The second-order valence-corrected chi connectivity index (χ2v) is 11.7. The van der Waals surface area contributed by atoms with Crippen LogP contribution in [0.3, 0.4) is 0 Å². The topological polar surface area (TPSA) is 77.3 Å². The van der Waals surface area contributed by atoms with Crippen LogP contribution in [0.2, 0.25) is 0 Å². The minimum absolute atomic E-state index is 1.07. The molecule has 0 spiro atoms. The van der Waals surface area contributed by atoms with Gasteiger partial charge in [0.15, 0.2) is 0 Å². The van der Waals surface area contributed by atoms with Crippen LogP contribution in [-0.4, -0.2) is 29.9 Å². The standard InChI is InChI=1S/C8H11N.4C7H9N.C6H7N/c1-6-4-7(2)8(3)9-5-6;1-6-3-4-8-7(2)5-6;1-6-3-4-7(2)8-5-6;1-6-4-3-5-8-7(6)2;1-6-4-3-5-7(2)8-6;1-6-4-2-3-5-7-6/h4-5H,1-3H3;4*3-5H,1-2H3;2-5H,1H3. The first-order valence-electron chi connectivity index (χ1n) is 16.1. The maximum atomic E-state index is 4.18. The lowest BCUT2D eigenvalue weighted by molar-refractivity contribution is 1.12. The van der Waals surface area contributed by atoms with Gasteiger partial charge in [-0.2, -0.15) is 0 Å². The maximum Gasteiger partial charge on any atom is 0.0401 e. The molecule has 6 aromatic rings. The van der Waals surface area contributed by atoms with Crippen LogP contribution in [-0.2, 0) is 0 Å². The van der Waals surface area contributed by atoms with E-state index in [0.29, 0.717) is 0 Å². The normalized spacial score (nSPS) is 9.25. The number of hydrogen-bond donors (Lipinski definition) is 0. The molecule has 0 aromatic carbocycles. The molecule has 0 amide bonds. The third-order valence-electron chi connectivity index (χ3n) is 6.70. The maximum absolute atomic E-state index is 4.18. The number of rotatable bonds is 0. The van der Waals surface area contributed by atoms with Crippen LogP contribution < -0.4 is 0 Å². The van der Waals surface area contributed by atoms with E-state index in [9.17, 15) is 0 Å². The van der Waals surface area contributed by atoms with E-state index in [0.717, 1.165) is 39.9 Å². The second-order valence-electron chi connectivity index (χ2n) is 11.7. The van der Waals surface area contributed by atoms with E-state index in [1.165, 1.54) is 27.8 Å².